The SMILES string of the molecule is c1ccc(-c2cc(-c3ccccc3)cc(-c3cccc(-c4nc(-c5ccccc5)nc(-c5cccc6sc7ccc(-c8ccc9c(c8)c8ccccc8n9-c8ccc9sc%10ccccc%10c9c8)cc7c56)n4)c3)c2)cc1. The van der Waals surface area contributed by atoms with Gasteiger partial charge in [0.2, 0.25) is 0 Å². The van der Waals surface area contributed by atoms with Crippen molar-refractivity contribution >= 4 is 84.8 Å². The Balaban J connectivity index is 0.856. The predicted molar refractivity (Wildman–Crippen MR) is 318 cm³/mol. The summed E-state index contributed by atoms with van der Waals surface area (Å²) >= 11 is 3.66. The molecule has 0 N–H and O–H groups in total. The lowest BCUT2D eigenvalue weighted by Crippen LogP contribution is -2.00. The van der Waals surface area contributed by atoms with Gasteiger partial charge in [0.15, 0.2) is 17.5 Å². The summed E-state index contributed by atoms with van der Waals surface area (Å²) in [5.74, 6) is 1.89. The monoisotopic (exact) mass is 990 g/mol. The number of para-hydroxylation sites is 1. The van der Waals surface area contributed by atoms with Crippen molar-refractivity contribution in [3.8, 4) is 84.4 Å². The van der Waals surface area contributed by atoms with Gasteiger partial charge < -0.3 is 4.57 Å². The Morgan fingerprint density at radius 2 is 0.733 bits per heavy atom. The van der Waals surface area contributed by atoms with Gasteiger partial charge in [-0.15, -0.1) is 22.7 Å². The molecule has 11 aromatic carbocycles. The molecule has 6 heteroatoms. The molecule has 0 atom stereocenters. The van der Waals surface area contributed by atoms with Gasteiger partial charge in [-0.3, -0.25) is 0 Å². The summed E-state index contributed by atoms with van der Waals surface area (Å²) in [6, 6.07) is 91.8. The highest BCUT2D eigenvalue weighted by Crippen LogP contribution is 2.44. The smallest absolute Gasteiger partial charge is 0.164 e. The fourth-order valence-electron chi connectivity index (χ4n) is 11.0. The maximum atomic E-state index is 5.38. The summed E-state index contributed by atoms with van der Waals surface area (Å²) in [6.07, 6.45) is 0. The van der Waals surface area contributed by atoms with Crippen molar-refractivity contribution in [2.75, 3.05) is 0 Å². The third-order valence-corrected chi connectivity index (χ3v) is 16.9. The van der Waals surface area contributed by atoms with Gasteiger partial charge in [-0.05, 0) is 129 Å². The van der Waals surface area contributed by atoms with Gasteiger partial charge in [0.1, 0.15) is 0 Å². The van der Waals surface area contributed by atoms with Crippen LogP contribution in [0.4, 0.5) is 0 Å². The molecule has 75 heavy (non-hydrogen) atoms. The van der Waals surface area contributed by atoms with Crippen molar-refractivity contribution in [2.45, 2.75) is 0 Å². The lowest BCUT2D eigenvalue weighted by atomic mass is 9.93. The Morgan fingerprint density at radius 1 is 0.253 bits per heavy atom. The molecule has 0 fully saturated rings. The van der Waals surface area contributed by atoms with E-state index in [0.29, 0.717) is 17.5 Å². The molecule has 0 radical (unpaired) electrons. The summed E-state index contributed by atoms with van der Waals surface area (Å²) in [7, 11) is 0. The summed E-state index contributed by atoms with van der Waals surface area (Å²) < 4.78 is 7.45. The molecular formula is C69H42N4S2. The van der Waals surface area contributed by atoms with E-state index in [0.717, 1.165) is 49.9 Å². The highest BCUT2D eigenvalue weighted by atomic mass is 32.1. The zero-order valence-corrected chi connectivity index (χ0v) is 42.0. The van der Waals surface area contributed by atoms with Crippen molar-refractivity contribution in [3.05, 3.63) is 255 Å². The molecule has 0 saturated heterocycles. The van der Waals surface area contributed by atoms with Crippen LogP contribution in [-0.2, 0) is 0 Å². The molecule has 4 aromatic heterocycles. The summed E-state index contributed by atoms with van der Waals surface area (Å²) in [5.41, 5.74) is 15.6. The second-order valence-electron chi connectivity index (χ2n) is 19.1. The number of rotatable bonds is 8. The Morgan fingerprint density at radius 3 is 1.49 bits per heavy atom. The van der Waals surface area contributed by atoms with E-state index in [2.05, 4.69) is 241 Å². The molecule has 15 aromatic rings. The zero-order chi connectivity index (χ0) is 49.4. The number of hydrogen-bond donors (Lipinski definition) is 0. The van der Waals surface area contributed by atoms with Crippen molar-refractivity contribution in [2.24, 2.45) is 0 Å². The number of nitrogens with zero attached hydrogens (tertiary/aromatic N) is 4. The Bertz CT molecular complexity index is 4650. The molecule has 0 bridgehead atoms. The van der Waals surface area contributed by atoms with E-state index in [-0.39, 0.29) is 0 Å². The molecule has 15 rings (SSSR count). The van der Waals surface area contributed by atoms with Crippen LogP contribution in [-0.4, -0.2) is 19.5 Å². The number of aromatic nitrogens is 4. The summed E-state index contributed by atoms with van der Waals surface area (Å²) in [5, 5.41) is 7.38. The van der Waals surface area contributed by atoms with Crippen molar-refractivity contribution in [1.29, 1.82) is 0 Å². The van der Waals surface area contributed by atoms with Gasteiger partial charge in [-0.25, -0.2) is 15.0 Å². The fourth-order valence-corrected chi connectivity index (χ4v) is 13.2. The van der Waals surface area contributed by atoms with Crippen LogP contribution in [0.3, 0.4) is 0 Å². The summed E-state index contributed by atoms with van der Waals surface area (Å²) in [4.78, 5) is 15.9. The highest BCUT2D eigenvalue weighted by molar-refractivity contribution is 7.26. The first-order valence-corrected chi connectivity index (χ1v) is 26.9. The maximum Gasteiger partial charge on any atom is 0.164 e. The standard InChI is InChI=1S/C69H42N4S2/c1-4-16-43(17-5-1)50-37-51(44-18-6-2-7-19-44)39-52(38-50)46-22-14-23-49(36-46)68-70-67(45-20-8-3-9-21-45)71-69(72-68)56-26-15-29-65-66(56)59-41-48(31-34-64(59)75-65)47-30-33-61-57(40-47)54-24-10-12-27-60(54)73(61)53-32-35-63-58(42-53)55-25-11-13-28-62(55)74-63/h1-42H. The van der Waals surface area contributed by atoms with Gasteiger partial charge in [0.25, 0.3) is 0 Å². The molecule has 0 aliphatic heterocycles. The first-order valence-electron chi connectivity index (χ1n) is 25.2. The van der Waals surface area contributed by atoms with Crippen LogP contribution in [0.25, 0.3) is 147 Å². The molecule has 0 amide bonds. The average molecular weight is 991 g/mol. The molecule has 350 valence electrons. The number of hydrogen-bond acceptors (Lipinski definition) is 5. The predicted octanol–water partition coefficient (Wildman–Crippen LogP) is 19.4. The van der Waals surface area contributed by atoms with Gasteiger partial charge >= 0.3 is 0 Å². The highest BCUT2D eigenvalue weighted by Gasteiger charge is 2.20. The van der Waals surface area contributed by atoms with Gasteiger partial charge in [-0.1, -0.05) is 170 Å². The normalized spacial score (nSPS) is 11.7. The van der Waals surface area contributed by atoms with Crippen LogP contribution in [0, 0.1) is 0 Å². The van der Waals surface area contributed by atoms with E-state index in [1.165, 1.54) is 79.1 Å². The number of thiophene rings is 2. The minimum absolute atomic E-state index is 0.622. The lowest BCUT2D eigenvalue weighted by molar-refractivity contribution is 1.08. The Hall–Kier alpha value is -9.33. The number of fused-ring (bicyclic) bond motifs is 9. The maximum absolute atomic E-state index is 5.38. The van der Waals surface area contributed by atoms with Crippen LogP contribution in [0.5, 0.6) is 0 Å². The topological polar surface area (TPSA) is 43.6 Å². The molecule has 0 spiro atoms. The molecule has 0 aliphatic rings. The molecule has 4 heterocycles. The third-order valence-electron chi connectivity index (χ3n) is 14.6. The van der Waals surface area contributed by atoms with Gasteiger partial charge in [0, 0.05) is 73.5 Å². The summed E-state index contributed by atoms with van der Waals surface area (Å²) in [6.45, 7) is 0. The first-order chi connectivity index (χ1) is 37.1. The molecular weight excluding hydrogens is 949 g/mol. The average Bonchev–Trinajstić information content (AvgIpc) is 4.21. The van der Waals surface area contributed by atoms with Gasteiger partial charge in [-0.2, -0.15) is 0 Å². The van der Waals surface area contributed by atoms with Crippen LogP contribution >= 0.6 is 22.7 Å². The molecule has 0 unspecified atom stereocenters. The fraction of sp³-hybridized carbons (Fsp3) is 0. The van der Waals surface area contributed by atoms with Crippen molar-refractivity contribution in [3.63, 3.8) is 0 Å². The van der Waals surface area contributed by atoms with Crippen LogP contribution in [0.2, 0.25) is 0 Å². The molecule has 4 nitrogen and oxygen atoms in total. The first kappa shape index (κ1) is 43.3. The van der Waals surface area contributed by atoms with Gasteiger partial charge in [0.05, 0.1) is 11.0 Å². The third kappa shape index (κ3) is 7.53. The largest absolute Gasteiger partial charge is 0.309 e. The second-order valence-corrected chi connectivity index (χ2v) is 21.3. The second kappa shape index (κ2) is 17.7. The van der Waals surface area contributed by atoms with E-state index in [1.807, 2.05) is 40.9 Å². The lowest BCUT2D eigenvalue weighted by Gasteiger charge is -2.13. The van der Waals surface area contributed by atoms with E-state index in [1.54, 1.807) is 0 Å². The Kier molecular flexibility index (Phi) is 10.2. The minimum atomic E-state index is 0.622. The van der Waals surface area contributed by atoms with Crippen LogP contribution in [0.15, 0.2) is 255 Å². The molecule has 0 saturated carbocycles. The molecule has 0 aliphatic carbocycles. The van der Waals surface area contributed by atoms with E-state index in [9.17, 15) is 0 Å². The van der Waals surface area contributed by atoms with Crippen LogP contribution < -0.4 is 0 Å². The zero-order valence-electron chi connectivity index (χ0n) is 40.4. The van der Waals surface area contributed by atoms with E-state index >= 15 is 0 Å². The van der Waals surface area contributed by atoms with Crippen molar-refractivity contribution < 1.29 is 0 Å². The number of benzene rings is 11. The Labute approximate surface area is 440 Å². The van der Waals surface area contributed by atoms with E-state index < -0.39 is 0 Å². The van der Waals surface area contributed by atoms with Crippen LogP contribution in [0.1, 0.15) is 0 Å². The van der Waals surface area contributed by atoms with Crippen molar-refractivity contribution in [1.82, 2.24) is 19.5 Å². The quantitative estimate of drug-likeness (QED) is 0.152. The minimum Gasteiger partial charge on any atom is -0.309 e. The van der Waals surface area contributed by atoms with E-state index in [4.69, 9.17) is 15.0 Å².